The Bertz CT molecular complexity index is 654. The highest BCUT2D eigenvalue weighted by Crippen LogP contribution is 2.52. The van der Waals surface area contributed by atoms with Crippen molar-refractivity contribution in [1.29, 1.82) is 0 Å². The van der Waals surface area contributed by atoms with Crippen LogP contribution in [0.5, 0.6) is 11.5 Å². The molecule has 2 nitrogen and oxygen atoms in total. The Hall–Kier alpha value is -0.0400. The quantitative estimate of drug-likeness (QED) is 0.350. The lowest BCUT2D eigenvalue weighted by atomic mass is 9.96. The topological polar surface area (TPSA) is 40.5 Å². The van der Waals surface area contributed by atoms with Gasteiger partial charge in [-0.2, -0.15) is 0 Å². The molecule has 2 aromatic carbocycles. The lowest BCUT2D eigenvalue weighted by molar-refractivity contribution is 0.466. The summed E-state index contributed by atoms with van der Waals surface area (Å²) in [4.78, 5) is 0. The average molecular weight is 530 g/mol. The number of hydrogen-bond donors (Lipinski definition) is 2. The van der Waals surface area contributed by atoms with Crippen LogP contribution in [-0.2, 0) is 6.42 Å². The van der Waals surface area contributed by atoms with Crippen molar-refractivity contribution in [2.75, 3.05) is 0 Å². The van der Waals surface area contributed by atoms with Crippen molar-refractivity contribution < 1.29 is 10.2 Å². The average Bonchev–Trinajstić information content (AvgIpc) is 2.44. The van der Waals surface area contributed by atoms with Crippen LogP contribution in [-0.4, -0.2) is 10.2 Å². The van der Waals surface area contributed by atoms with Crippen LogP contribution in [0.3, 0.4) is 0 Å². The van der Waals surface area contributed by atoms with Crippen LogP contribution < -0.4 is 0 Å². The third-order valence-electron chi connectivity index (χ3n) is 3.00. The van der Waals surface area contributed by atoms with Crippen LogP contribution in [0.2, 0.25) is 0 Å². The van der Waals surface area contributed by atoms with E-state index in [4.69, 9.17) is 0 Å². The molecule has 2 rings (SSSR count). The minimum absolute atomic E-state index is 0.0724. The fourth-order valence-corrected chi connectivity index (χ4v) is 4.31. The Labute approximate surface area is 150 Å². The summed E-state index contributed by atoms with van der Waals surface area (Å²) in [6.45, 7) is 2.01. The van der Waals surface area contributed by atoms with E-state index in [1.54, 1.807) is 12.1 Å². The van der Waals surface area contributed by atoms with Gasteiger partial charge in [-0.1, -0.05) is 19.1 Å². The van der Waals surface area contributed by atoms with Gasteiger partial charge in [0.2, 0.25) is 0 Å². The first-order valence-electron chi connectivity index (χ1n) is 5.76. The van der Waals surface area contributed by atoms with Crippen LogP contribution in [0.1, 0.15) is 12.5 Å². The number of aromatic hydroxyl groups is 2. The Kier molecular flexibility index (Phi) is 5.21. The number of hydrogen-bond acceptors (Lipinski definition) is 2. The van der Waals surface area contributed by atoms with Crippen LogP contribution in [0.15, 0.2) is 36.1 Å². The van der Waals surface area contributed by atoms with E-state index in [1.165, 1.54) is 0 Å². The third kappa shape index (κ3) is 2.67. The minimum atomic E-state index is 0.0724. The fourth-order valence-electron chi connectivity index (χ4n) is 2.02. The molecule has 0 saturated carbocycles. The zero-order valence-electron chi connectivity index (χ0n) is 10.3. The van der Waals surface area contributed by atoms with E-state index < -0.39 is 0 Å². The molecule has 0 fully saturated rings. The molecular formula is C14H10Br4O2. The molecule has 0 unspecified atom stereocenters. The molecule has 2 N–H and O–H groups in total. The van der Waals surface area contributed by atoms with Crippen molar-refractivity contribution in [1.82, 2.24) is 0 Å². The van der Waals surface area contributed by atoms with Gasteiger partial charge in [0.25, 0.3) is 0 Å². The van der Waals surface area contributed by atoms with Gasteiger partial charge in [0.05, 0.1) is 8.95 Å². The van der Waals surface area contributed by atoms with E-state index >= 15 is 0 Å². The molecule has 0 heterocycles. The van der Waals surface area contributed by atoms with Gasteiger partial charge >= 0.3 is 0 Å². The maximum absolute atomic E-state index is 10.4. The van der Waals surface area contributed by atoms with Gasteiger partial charge in [-0.25, -0.2) is 0 Å². The maximum Gasteiger partial charge on any atom is 0.140 e. The second-order valence-electron chi connectivity index (χ2n) is 4.14. The summed E-state index contributed by atoms with van der Waals surface area (Å²) >= 11 is 13.7. The molecule has 6 heteroatoms. The van der Waals surface area contributed by atoms with E-state index in [9.17, 15) is 10.2 Å². The monoisotopic (exact) mass is 526 g/mol. The van der Waals surface area contributed by atoms with Crippen molar-refractivity contribution >= 4 is 63.7 Å². The maximum atomic E-state index is 10.4. The van der Waals surface area contributed by atoms with Gasteiger partial charge in [0.15, 0.2) is 0 Å². The third-order valence-corrected chi connectivity index (χ3v) is 7.75. The molecular weight excluding hydrogens is 520 g/mol. The standard InChI is InChI=1S/C14H10Br4O2/c1-2-6-4-3-5-7(19)8(6)9-10(15)11(16)12(17)13(18)14(9)20/h3-5,19-20H,2H2,1H3. The molecule has 0 aromatic heterocycles. The second kappa shape index (κ2) is 6.38. The van der Waals surface area contributed by atoms with Crippen molar-refractivity contribution in [3.63, 3.8) is 0 Å². The lowest BCUT2D eigenvalue weighted by Gasteiger charge is -2.17. The van der Waals surface area contributed by atoms with E-state index in [0.29, 0.717) is 24.5 Å². The van der Waals surface area contributed by atoms with Crippen molar-refractivity contribution in [3.05, 3.63) is 41.7 Å². The van der Waals surface area contributed by atoms with Crippen LogP contribution >= 0.6 is 63.7 Å². The largest absolute Gasteiger partial charge is 0.507 e. The predicted octanol–water partition coefficient (Wildman–Crippen LogP) is 6.38. The highest BCUT2D eigenvalue weighted by Gasteiger charge is 2.23. The van der Waals surface area contributed by atoms with Gasteiger partial charge in [0.1, 0.15) is 11.5 Å². The van der Waals surface area contributed by atoms with Crippen LogP contribution in [0, 0.1) is 0 Å². The molecule has 0 radical (unpaired) electrons. The Morgan fingerprint density at radius 3 is 2.05 bits per heavy atom. The van der Waals surface area contributed by atoms with E-state index in [1.807, 2.05) is 13.0 Å². The molecule has 0 amide bonds. The van der Waals surface area contributed by atoms with E-state index in [0.717, 1.165) is 16.5 Å². The highest BCUT2D eigenvalue weighted by molar-refractivity contribution is 9.15. The smallest absolute Gasteiger partial charge is 0.140 e. The molecule has 106 valence electrons. The predicted molar refractivity (Wildman–Crippen MR) is 95.4 cm³/mol. The van der Waals surface area contributed by atoms with Gasteiger partial charge in [0, 0.05) is 20.1 Å². The number of halogens is 4. The van der Waals surface area contributed by atoms with Crippen LogP contribution in [0.4, 0.5) is 0 Å². The SMILES string of the molecule is CCc1cccc(O)c1-c1c(O)c(Br)c(Br)c(Br)c1Br. The number of phenolic OH excluding ortho intramolecular Hbond substituents is 2. The normalized spacial score (nSPS) is 10.8. The molecule has 0 spiro atoms. The number of rotatable bonds is 2. The molecule has 0 saturated heterocycles. The summed E-state index contributed by atoms with van der Waals surface area (Å²) in [6, 6.07) is 5.35. The molecule has 20 heavy (non-hydrogen) atoms. The second-order valence-corrected chi connectivity index (χ2v) is 7.32. The summed E-state index contributed by atoms with van der Waals surface area (Å²) in [5, 5.41) is 20.6. The first-order valence-corrected chi connectivity index (χ1v) is 8.93. The van der Waals surface area contributed by atoms with Gasteiger partial charge in [-0.15, -0.1) is 0 Å². The van der Waals surface area contributed by atoms with Crippen molar-refractivity contribution in [2.45, 2.75) is 13.3 Å². The van der Waals surface area contributed by atoms with Gasteiger partial charge in [-0.05, 0) is 81.8 Å². The van der Waals surface area contributed by atoms with Crippen molar-refractivity contribution in [3.8, 4) is 22.6 Å². The minimum Gasteiger partial charge on any atom is -0.507 e. The number of phenols is 2. The first kappa shape index (κ1) is 16.3. The first-order chi connectivity index (χ1) is 9.40. The Balaban J connectivity index is 2.91. The fraction of sp³-hybridized carbons (Fsp3) is 0.143. The lowest BCUT2D eigenvalue weighted by Crippen LogP contribution is -1.92. The highest BCUT2D eigenvalue weighted by atomic mass is 79.9. The molecule has 2 aromatic rings. The number of aryl methyl sites for hydroxylation is 1. The summed E-state index contributed by atoms with van der Waals surface area (Å²) in [7, 11) is 0. The summed E-state index contributed by atoms with van der Waals surface area (Å²) in [5.41, 5.74) is 2.15. The van der Waals surface area contributed by atoms with E-state index in [-0.39, 0.29) is 11.5 Å². The summed E-state index contributed by atoms with van der Waals surface area (Å²) in [5.74, 6) is 0.213. The molecule has 0 atom stereocenters. The summed E-state index contributed by atoms with van der Waals surface area (Å²) in [6.07, 6.45) is 0.751. The zero-order valence-corrected chi connectivity index (χ0v) is 16.7. The van der Waals surface area contributed by atoms with Gasteiger partial charge in [-0.3, -0.25) is 0 Å². The van der Waals surface area contributed by atoms with Gasteiger partial charge < -0.3 is 10.2 Å². The Morgan fingerprint density at radius 2 is 1.45 bits per heavy atom. The molecule has 0 aliphatic carbocycles. The zero-order chi connectivity index (χ0) is 15.0. The molecule has 0 bridgehead atoms. The van der Waals surface area contributed by atoms with E-state index in [2.05, 4.69) is 63.7 Å². The Morgan fingerprint density at radius 1 is 0.850 bits per heavy atom. The summed E-state index contributed by atoms with van der Waals surface area (Å²) < 4.78 is 2.69. The van der Waals surface area contributed by atoms with Crippen LogP contribution in [0.25, 0.3) is 11.1 Å². The molecule has 0 aliphatic rings. The number of benzene rings is 2. The molecule has 0 aliphatic heterocycles. The van der Waals surface area contributed by atoms with Crippen molar-refractivity contribution in [2.24, 2.45) is 0 Å².